The van der Waals surface area contributed by atoms with E-state index < -0.39 is 16.0 Å². The van der Waals surface area contributed by atoms with Crippen molar-refractivity contribution in [2.24, 2.45) is 0 Å². The van der Waals surface area contributed by atoms with Gasteiger partial charge in [0.15, 0.2) is 0 Å². The second-order valence-corrected chi connectivity index (χ2v) is 8.61. The van der Waals surface area contributed by atoms with Gasteiger partial charge in [0.1, 0.15) is 6.26 Å². The van der Waals surface area contributed by atoms with Crippen molar-refractivity contribution >= 4 is 21.9 Å². The molecular weight excluding hydrogens is 388 g/mol. The summed E-state index contributed by atoms with van der Waals surface area (Å²) in [6.07, 6.45) is 3.85. The number of aromatic nitrogens is 2. The Bertz CT molecular complexity index is 977. The predicted octanol–water partition coefficient (Wildman–Crippen LogP) is 1.06. The van der Waals surface area contributed by atoms with Gasteiger partial charge in [0.25, 0.3) is 15.9 Å². The van der Waals surface area contributed by atoms with Gasteiger partial charge in [-0.05, 0) is 12.8 Å². The molecule has 28 heavy (non-hydrogen) atoms. The van der Waals surface area contributed by atoms with Crippen molar-refractivity contribution in [1.82, 2.24) is 19.4 Å². The normalized spacial score (nSPS) is 18.0. The molecule has 0 aromatic carbocycles. The first-order valence-electron chi connectivity index (χ1n) is 8.67. The minimum absolute atomic E-state index is 0.0297. The molecule has 1 amide bonds. The summed E-state index contributed by atoms with van der Waals surface area (Å²) >= 11 is 0. The first-order chi connectivity index (χ1) is 13.3. The van der Waals surface area contributed by atoms with E-state index in [0.29, 0.717) is 30.6 Å². The summed E-state index contributed by atoms with van der Waals surface area (Å²) in [5.74, 6) is -1.08. The minimum Gasteiger partial charge on any atom is -0.465 e. The molecule has 152 valence electrons. The Morgan fingerprint density at radius 1 is 1.39 bits per heavy atom. The number of carbonyl (C=O) groups is 2. The molecule has 0 unspecified atom stereocenters. The van der Waals surface area contributed by atoms with Crippen LogP contribution in [0.5, 0.6) is 0 Å². The number of ether oxygens (including phenoxy) is 1. The second kappa shape index (κ2) is 7.76. The molecule has 1 fully saturated rings. The number of hydrogen-bond acceptors (Lipinski definition) is 7. The Morgan fingerprint density at radius 2 is 2.14 bits per heavy atom. The lowest BCUT2D eigenvalue weighted by molar-refractivity contribution is 0.0599. The molecule has 1 atom stereocenters. The van der Waals surface area contributed by atoms with E-state index in [-0.39, 0.29) is 29.0 Å². The number of furan rings is 1. The van der Waals surface area contributed by atoms with Crippen LogP contribution in [0.4, 0.5) is 0 Å². The first-order valence-corrected chi connectivity index (χ1v) is 10.1. The van der Waals surface area contributed by atoms with E-state index in [2.05, 4.69) is 14.9 Å². The van der Waals surface area contributed by atoms with Crippen LogP contribution in [0.1, 0.15) is 45.2 Å². The highest BCUT2D eigenvalue weighted by atomic mass is 32.2. The number of hydrogen-bond donors (Lipinski definition) is 1. The molecule has 1 saturated heterocycles. The van der Waals surface area contributed by atoms with Gasteiger partial charge in [-0.3, -0.25) is 9.89 Å². The summed E-state index contributed by atoms with van der Waals surface area (Å²) in [5, 5.41) is 6.50. The number of sulfonamides is 1. The van der Waals surface area contributed by atoms with Crippen LogP contribution in [-0.2, 0) is 14.8 Å². The van der Waals surface area contributed by atoms with Gasteiger partial charge >= 0.3 is 5.97 Å². The van der Waals surface area contributed by atoms with E-state index in [9.17, 15) is 18.0 Å². The molecule has 0 bridgehead atoms. The summed E-state index contributed by atoms with van der Waals surface area (Å²) in [6.45, 7) is 0.491. The monoisotopic (exact) mass is 410 g/mol. The fourth-order valence-electron chi connectivity index (χ4n) is 3.22. The molecule has 2 aromatic rings. The van der Waals surface area contributed by atoms with Crippen molar-refractivity contribution in [3.05, 3.63) is 35.3 Å². The van der Waals surface area contributed by atoms with Gasteiger partial charge in [-0.25, -0.2) is 13.2 Å². The zero-order chi connectivity index (χ0) is 20.5. The summed E-state index contributed by atoms with van der Waals surface area (Å²) in [7, 11) is 0.568. The first kappa shape index (κ1) is 20.1. The molecule has 1 aliphatic heterocycles. The molecule has 1 aliphatic rings. The topological polar surface area (TPSA) is 126 Å². The number of esters is 1. The molecule has 0 spiro atoms. The van der Waals surface area contributed by atoms with E-state index in [4.69, 9.17) is 4.42 Å². The molecule has 0 radical (unpaired) electrons. The van der Waals surface area contributed by atoms with E-state index in [1.54, 1.807) is 14.1 Å². The van der Waals surface area contributed by atoms with E-state index in [1.165, 1.54) is 22.5 Å². The Balaban J connectivity index is 1.84. The van der Waals surface area contributed by atoms with Crippen LogP contribution in [0.15, 0.2) is 28.0 Å². The van der Waals surface area contributed by atoms with Gasteiger partial charge < -0.3 is 14.1 Å². The van der Waals surface area contributed by atoms with Crippen LogP contribution in [0.2, 0.25) is 0 Å². The number of aromatic amines is 1. The Labute approximate surface area is 162 Å². The smallest absolute Gasteiger partial charge is 0.341 e. The number of amides is 1. The molecule has 10 nitrogen and oxygen atoms in total. The van der Waals surface area contributed by atoms with Crippen LogP contribution in [-0.4, -0.2) is 74.0 Å². The summed E-state index contributed by atoms with van der Waals surface area (Å²) in [5.41, 5.74) is 1.08. The van der Waals surface area contributed by atoms with Crippen molar-refractivity contribution in [3.8, 4) is 0 Å². The molecule has 0 aliphatic carbocycles. The SMILES string of the molecule is COC(=O)c1coc(S(=O)(=O)N2CCC[C@H](c3[nH]ncc3C(=O)N(C)C)C2)c1. The molecule has 11 heteroatoms. The highest BCUT2D eigenvalue weighted by Gasteiger charge is 2.35. The van der Waals surface area contributed by atoms with Gasteiger partial charge in [-0.1, -0.05) is 0 Å². The van der Waals surface area contributed by atoms with Crippen LogP contribution < -0.4 is 0 Å². The lowest BCUT2D eigenvalue weighted by Crippen LogP contribution is -2.39. The highest BCUT2D eigenvalue weighted by Crippen LogP contribution is 2.31. The van der Waals surface area contributed by atoms with Crippen molar-refractivity contribution in [3.63, 3.8) is 0 Å². The third kappa shape index (κ3) is 3.67. The maximum atomic E-state index is 12.9. The Kier molecular flexibility index (Phi) is 5.57. The number of nitrogens with zero attached hydrogens (tertiary/aromatic N) is 3. The molecule has 2 aromatic heterocycles. The summed E-state index contributed by atoms with van der Waals surface area (Å²) in [6, 6.07) is 1.15. The van der Waals surface area contributed by atoms with Gasteiger partial charge in [-0.15, -0.1) is 0 Å². The lowest BCUT2D eigenvalue weighted by Gasteiger charge is -2.31. The number of piperidine rings is 1. The third-order valence-electron chi connectivity index (χ3n) is 4.69. The quantitative estimate of drug-likeness (QED) is 0.731. The molecule has 3 rings (SSSR count). The minimum atomic E-state index is -3.93. The number of nitrogens with one attached hydrogen (secondary N) is 1. The van der Waals surface area contributed by atoms with Crippen molar-refractivity contribution < 1.29 is 27.2 Å². The van der Waals surface area contributed by atoms with Crippen LogP contribution >= 0.6 is 0 Å². The average molecular weight is 410 g/mol. The average Bonchev–Trinajstić information content (AvgIpc) is 3.36. The van der Waals surface area contributed by atoms with Crippen LogP contribution in [0.3, 0.4) is 0 Å². The maximum absolute atomic E-state index is 12.9. The highest BCUT2D eigenvalue weighted by molar-refractivity contribution is 7.89. The second-order valence-electron chi connectivity index (χ2n) is 6.75. The Morgan fingerprint density at radius 3 is 2.82 bits per heavy atom. The van der Waals surface area contributed by atoms with Crippen LogP contribution in [0.25, 0.3) is 0 Å². The number of H-pyrrole nitrogens is 1. The van der Waals surface area contributed by atoms with Gasteiger partial charge in [0, 0.05) is 39.2 Å². The van der Waals surface area contributed by atoms with Gasteiger partial charge in [0.2, 0.25) is 5.09 Å². The fraction of sp³-hybridized carbons (Fsp3) is 0.471. The zero-order valence-electron chi connectivity index (χ0n) is 15.8. The third-order valence-corrected chi connectivity index (χ3v) is 6.42. The van der Waals surface area contributed by atoms with E-state index in [1.807, 2.05) is 0 Å². The van der Waals surface area contributed by atoms with Crippen LogP contribution in [0, 0.1) is 0 Å². The summed E-state index contributed by atoms with van der Waals surface area (Å²) < 4.78 is 36.9. The van der Waals surface area contributed by atoms with Crippen molar-refractivity contribution in [2.75, 3.05) is 34.3 Å². The predicted molar refractivity (Wildman–Crippen MR) is 97.4 cm³/mol. The van der Waals surface area contributed by atoms with Gasteiger partial charge in [-0.2, -0.15) is 9.40 Å². The fourth-order valence-corrected chi connectivity index (χ4v) is 4.66. The maximum Gasteiger partial charge on any atom is 0.341 e. The van der Waals surface area contributed by atoms with Crippen molar-refractivity contribution in [2.45, 2.75) is 23.9 Å². The van der Waals surface area contributed by atoms with Crippen molar-refractivity contribution in [1.29, 1.82) is 0 Å². The van der Waals surface area contributed by atoms with Gasteiger partial charge in [0.05, 0.1) is 30.1 Å². The summed E-state index contributed by atoms with van der Waals surface area (Å²) in [4.78, 5) is 25.3. The molecule has 1 N–H and O–H groups in total. The molecule has 0 saturated carbocycles. The largest absolute Gasteiger partial charge is 0.465 e. The van der Waals surface area contributed by atoms with E-state index >= 15 is 0 Å². The van der Waals surface area contributed by atoms with E-state index in [0.717, 1.165) is 12.3 Å². The number of carbonyl (C=O) groups excluding carboxylic acids is 2. The zero-order valence-corrected chi connectivity index (χ0v) is 16.7. The Hall–Kier alpha value is -2.66. The molecular formula is C17H22N4O6S. The molecule has 3 heterocycles. The number of rotatable bonds is 5. The lowest BCUT2D eigenvalue weighted by atomic mass is 9.93. The number of methoxy groups -OCH3 is 1. The standard InChI is InChI=1S/C17H22N4O6S/c1-20(2)16(22)13-8-18-19-15(13)11-5-4-6-21(9-11)28(24,25)14-7-12(10-27-14)17(23)26-3/h7-8,10-11H,4-6,9H2,1-3H3,(H,18,19)/t11-/m0/s1.